The van der Waals surface area contributed by atoms with E-state index >= 15 is 0 Å². The Labute approximate surface area is 170 Å². The molecule has 1 aliphatic heterocycles. The fraction of sp³-hybridized carbons (Fsp3) is 0.0800. The van der Waals surface area contributed by atoms with Gasteiger partial charge in [-0.25, -0.2) is 4.57 Å². The summed E-state index contributed by atoms with van der Waals surface area (Å²) >= 11 is 1.79. The van der Waals surface area contributed by atoms with Gasteiger partial charge in [-0.2, -0.15) is 0 Å². The molecule has 0 unspecified atom stereocenters. The summed E-state index contributed by atoms with van der Waals surface area (Å²) in [5, 5.41) is 7.88. The zero-order valence-electron chi connectivity index (χ0n) is 15.9. The van der Waals surface area contributed by atoms with Crippen molar-refractivity contribution in [3.63, 3.8) is 0 Å². The number of pyridine rings is 1. The van der Waals surface area contributed by atoms with Gasteiger partial charge in [-0.3, -0.25) is 0 Å². The summed E-state index contributed by atoms with van der Waals surface area (Å²) in [6, 6.07) is 16.9. The van der Waals surface area contributed by atoms with E-state index in [0.717, 1.165) is 38.8 Å². The molecule has 0 spiro atoms. The molecule has 6 aromatic rings. The van der Waals surface area contributed by atoms with Crippen LogP contribution < -0.4 is 9.30 Å². The molecule has 0 saturated heterocycles. The zero-order valence-corrected chi connectivity index (χ0v) is 16.8. The number of hydrogen-bond donors (Lipinski definition) is 0. The lowest BCUT2D eigenvalue weighted by molar-refractivity contribution is -0.659. The van der Waals surface area contributed by atoms with Crippen LogP contribution in [0.2, 0.25) is 0 Å². The second-order valence-corrected chi connectivity index (χ2v) is 8.65. The molecular weight excluding hydrogens is 378 g/mol. The van der Waals surface area contributed by atoms with Crippen molar-refractivity contribution >= 4 is 54.1 Å². The molecule has 7 rings (SSSR count). The highest BCUT2D eigenvalue weighted by Gasteiger charge is 2.33. The average Bonchev–Trinajstić information content (AvgIpc) is 3.35. The molecule has 0 N–H and O–H groups in total. The number of hydrogen-bond acceptors (Lipinski definition) is 3. The van der Waals surface area contributed by atoms with E-state index in [2.05, 4.69) is 66.5 Å². The molecule has 0 bridgehead atoms. The Kier molecular flexibility index (Phi) is 2.76. The highest BCUT2D eigenvalue weighted by Crippen LogP contribution is 2.52. The summed E-state index contributed by atoms with van der Waals surface area (Å²) in [6.45, 7) is 2.20. The van der Waals surface area contributed by atoms with Crippen LogP contribution in [-0.4, -0.2) is 0 Å². The summed E-state index contributed by atoms with van der Waals surface area (Å²) in [6.07, 6.45) is 2.14. The number of aryl methyl sites for hydroxylation is 2. The molecular formula is C25H16NO2S+. The molecule has 4 heterocycles. The Bertz CT molecular complexity index is 1650. The minimum absolute atomic E-state index is 0.819. The lowest BCUT2D eigenvalue weighted by Crippen LogP contribution is -2.31. The Morgan fingerprint density at radius 3 is 2.79 bits per heavy atom. The van der Waals surface area contributed by atoms with Gasteiger partial charge in [0.05, 0.1) is 5.56 Å². The first kappa shape index (κ1) is 15.5. The van der Waals surface area contributed by atoms with Crippen LogP contribution in [0.5, 0.6) is 11.5 Å². The molecule has 0 fully saturated rings. The van der Waals surface area contributed by atoms with Crippen LogP contribution in [0.1, 0.15) is 5.56 Å². The van der Waals surface area contributed by atoms with E-state index in [1.807, 2.05) is 12.1 Å². The molecule has 0 saturated carbocycles. The van der Waals surface area contributed by atoms with Crippen molar-refractivity contribution in [2.45, 2.75) is 6.92 Å². The van der Waals surface area contributed by atoms with Crippen molar-refractivity contribution in [2.24, 2.45) is 7.05 Å². The van der Waals surface area contributed by atoms with Crippen LogP contribution in [0.25, 0.3) is 54.1 Å². The van der Waals surface area contributed by atoms with Crippen LogP contribution in [-0.2, 0) is 7.05 Å². The van der Waals surface area contributed by atoms with E-state index in [1.165, 1.54) is 32.3 Å². The molecule has 0 amide bonds. The van der Waals surface area contributed by atoms with Crippen molar-refractivity contribution in [2.75, 3.05) is 0 Å². The highest BCUT2D eigenvalue weighted by atomic mass is 32.1. The molecule has 0 aliphatic carbocycles. The van der Waals surface area contributed by atoms with Gasteiger partial charge in [-0.1, -0.05) is 18.2 Å². The molecule has 4 heteroatoms. The first-order chi connectivity index (χ1) is 14.2. The van der Waals surface area contributed by atoms with E-state index in [1.54, 1.807) is 11.3 Å². The molecule has 1 aliphatic rings. The highest BCUT2D eigenvalue weighted by molar-refractivity contribution is 7.17. The van der Waals surface area contributed by atoms with Gasteiger partial charge in [0, 0.05) is 21.5 Å². The topological polar surface area (TPSA) is 26.2 Å². The fourth-order valence-electron chi connectivity index (χ4n) is 4.80. The van der Waals surface area contributed by atoms with Crippen molar-refractivity contribution < 1.29 is 13.7 Å². The Balaban J connectivity index is 1.73. The van der Waals surface area contributed by atoms with Gasteiger partial charge >= 0.3 is 0 Å². The summed E-state index contributed by atoms with van der Waals surface area (Å²) in [5.41, 5.74) is 5.34. The van der Waals surface area contributed by atoms with Gasteiger partial charge in [0.2, 0.25) is 5.69 Å². The van der Waals surface area contributed by atoms with E-state index in [-0.39, 0.29) is 0 Å². The lowest BCUT2D eigenvalue weighted by Gasteiger charge is -2.21. The SMILES string of the molecule is Cc1c2c(cc3ccsc13)Oc1c3oc4ccccc4c3cc3cc[n+](C)c-2c13. The lowest BCUT2D eigenvalue weighted by atomic mass is 9.94. The minimum Gasteiger partial charge on any atom is -0.452 e. The van der Waals surface area contributed by atoms with Gasteiger partial charge in [-0.15, -0.1) is 11.3 Å². The van der Waals surface area contributed by atoms with Gasteiger partial charge in [0.25, 0.3) is 0 Å². The number of nitrogens with zero attached hydrogens (tertiary/aromatic N) is 1. The molecule has 3 aromatic heterocycles. The fourth-order valence-corrected chi connectivity index (χ4v) is 5.69. The number of aromatic nitrogens is 1. The van der Waals surface area contributed by atoms with E-state index < -0.39 is 0 Å². The number of ether oxygens (including phenoxy) is 1. The number of rotatable bonds is 0. The molecule has 0 atom stereocenters. The Hall–Kier alpha value is -3.37. The Morgan fingerprint density at radius 2 is 1.86 bits per heavy atom. The molecule has 3 aromatic carbocycles. The number of para-hydroxylation sites is 1. The number of furan rings is 1. The van der Waals surface area contributed by atoms with Crippen LogP contribution in [0.3, 0.4) is 0 Å². The van der Waals surface area contributed by atoms with E-state index in [9.17, 15) is 0 Å². The van der Waals surface area contributed by atoms with Crippen molar-refractivity contribution in [1.29, 1.82) is 0 Å². The average molecular weight is 394 g/mol. The predicted molar refractivity (Wildman–Crippen MR) is 118 cm³/mol. The zero-order chi connectivity index (χ0) is 19.3. The summed E-state index contributed by atoms with van der Waals surface area (Å²) in [5.74, 6) is 1.72. The van der Waals surface area contributed by atoms with Crippen LogP contribution in [0, 0.1) is 6.92 Å². The van der Waals surface area contributed by atoms with Crippen LogP contribution >= 0.6 is 11.3 Å². The quantitative estimate of drug-likeness (QED) is 0.263. The van der Waals surface area contributed by atoms with Gasteiger partial charge in [0.1, 0.15) is 23.8 Å². The molecule has 0 radical (unpaired) electrons. The van der Waals surface area contributed by atoms with Crippen molar-refractivity contribution in [1.82, 2.24) is 0 Å². The summed E-state index contributed by atoms with van der Waals surface area (Å²) < 4.78 is 16.4. The second kappa shape index (κ2) is 5.16. The molecule has 29 heavy (non-hydrogen) atoms. The van der Waals surface area contributed by atoms with Gasteiger partial charge in [-0.05, 0) is 52.9 Å². The number of fused-ring (bicyclic) bond motifs is 7. The minimum atomic E-state index is 0.819. The van der Waals surface area contributed by atoms with Crippen molar-refractivity contribution in [3.8, 4) is 22.8 Å². The van der Waals surface area contributed by atoms with E-state index in [0.29, 0.717) is 0 Å². The number of thiophene rings is 1. The maximum Gasteiger partial charge on any atom is 0.228 e. The smallest absolute Gasteiger partial charge is 0.228 e. The van der Waals surface area contributed by atoms with Crippen LogP contribution in [0.4, 0.5) is 0 Å². The third-order valence-corrected chi connectivity index (χ3v) is 7.17. The van der Waals surface area contributed by atoms with Crippen LogP contribution in [0.15, 0.2) is 64.5 Å². The van der Waals surface area contributed by atoms with Gasteiger partial charge in [0.15, 0.2) is 17.5 Å². The summed E-state index contributed by atoms with van der Waals surface area (Å²) in [7, 11) is 2.11. The maximum atomic E-state index is 6.60. The second-order valence-electron chi connectivity index (χ2n) is 7.74. The molecule has 3 nitrogen and oxygen atoms in total. The standard InChI is InChI=1S/C25H16NO2S/c1-13-20-19(12-15-8-10-29-25(13)15)28-24-21-14(7-9-26(2)22(20)21)11-17-16-5-3-4-6-18(16)27-23(17)24/h3-12H,1-2H3/q+1. The monoisotopic (exact) mass is 394 g/mol. The third kappa shape index (κ3) is 1.85. The predicted octanol–water partition coefficient (Wildman–Crippen LogP) is 6.86. The van der Waals surface area contributed by atoms with Crippen molar-refractivity contribution in [3.05, 3.63) is 65.7 Å². The first-order valence-corrected chi connectivity index (χ1v) is 10.5. The first-order valence-electron chi connectivity index (χ1n) is 9.66. The molecule has 138 valence electrons. The normalized spacial score (nSPS) is 12.8. The maximum absolute atomic E-state index is 6.60. The third-order valence-electron chi connectivity index (χ3n) is 6.12. The Morgan fingerprint density at radius 1 is 0.966 bits per heavy atom. The summed E-state index contributed by atoms with van der Waals surface area (Å²) in [4.78, 5) is 0. The van der Waals surface area contributed by atoms with Gasteiger partial charge < -0.3 is 9.15 Å². The largest absolute Gasteiger partial charge is 0.452 e. The number of benzene rings is 3. The van der Waals surface area contributed by atoms with E-state index in [4.69, 9.17) is 9.15 Å².